The third kappa shape index (κ3) is 9.10. The van der Waals surface area contributed by atoms with Crippen LogP contribution in [-0.2, 0) is 0 Å². The predicted octanol–water partition coefficient (Wildman–Crippen LogP) is 6.73. The molecule has 0 saturated carbocycles. The molecule has 0 bridgehead atoms. The van der Waals surface area contributed by atoms with Crippen molar-refractivity contribution in [3.05, 3.63) is 121 Å². The minimum atomic E-state index is -1.75. The van der Waals surface area contributed by atoms with E-state index in [9.17, 15) is 0 Å². The Labute approximate surface area is 233 Å². The molecular weight excluding hydrogens is 646 g/mol. The zero-order valence-corrected chi connectivity index (χ0v) is 27.3. The van der Waals surface area contributed by atoms with E-state index >= 15 is 0 Å². The Bertz CT molecular complexity index is 911. The van der Waals surface area contributed by atoms with Crippen molar-refractivity contribution in [1.82, 2.24) is 0 Å². The van der Waals surface area contributed by atoms with Crippen LogP contribution in [-0.4, -0.2) is 39.5 Å². The number of rotatable bonds is 15. The third-order valence-electron chi connectivity index (χ3n) is 7.09. The molecule has 0 atom stereocenters. The van der Waals surface area contributed by atoms with E-state index in [4.69, 9.17) is 0 Å². The maximum absolute atomic E-state index is 2.38. The van der Waals surface area contributed by atoms with Gasteiger partial charge in [-0.25, -0.2) is 0 Å². The van der Waals surface area contributed by atoms with Crippen LogP contribution in [0.2, 0.25) is 8.87 Å². The molecule has 0 saturated heterocycles. The fourth-order valence-electron chi connectivity index (χ4n) is 5.13. The monoisotopic (exact) mass is 688 g/mol. The van der Waals surface area contributed by atoms with Crippen molar-refractivity contribution >= 4 is 53.8 Å². The van der Waals surface area contributed by atoms with Crippen LogP contribution in [0, 0.1) is 0 Å². The van der Waals surface area contributed by atoms with E-state index in [1.807, 2.05) is 0 Å². The summed E-state index contributed by atoms with van der Waals surface area (Å²) in [5, 5.41) is 0. The Balaban J connectivity index is 1.13. The van der Waals surface area contributed by atoms with Gasteiger partial charge < -0.3 is 0 Å². The number of unbranched alkanes of at least 4 members (excludes halogenated alkanes) is 7. The van der Waals surface area contributed by atoms with Crippen molar-refractivity contribution in [3.63, 3.8) is 0 Å². The summed E-state index contributed by atoms with van der Waals surface area (Å²) in [5.74, 6) is 0. The van der Waals surface area contributed by atoms with Crippen LogP contribution in [0.25, 0.3) is 0 Å². The molecule has 4 aromatic rings. The van der Waals surface area contributed by atoms with E-state index in [0.29, 0.717) is 0 Å². The molecule has 2 heteroatoms. The zero-order valence-electron chi connectivity index (χ0n) is 21.6. The number of hydrogen-bond acceptors (Lipinski definition) is 0. The van der Waals surface area contributed by atoms with Gasteiger partial charge in [-0.2, -0.15) is 0 Å². The first-order valence-electron chi connectivity index (χ1n) is 13.8. The molecule has 4 rings (SSSR count). The summed E-state index contributed by atoms with van der Waals surface area (Å²) in [5.41, 5.74) is 0. The van der Waals surface area contributed by atoms with Gasteiger partial charge in [-0.05, 0) is 0 Å². The molecule has 0 fully saturated rings. The van der Waals surface area contributed by atoms with Gasteiger partial charge in [0.2, 0.25) is 0 Å². The van der Waals surface area contributed by atoms with E-state index in [1.165, 1.54) is 60.2 Å². The first-order valence-corrected chi connectivity index (χ1v) is 23.6. The van der Waals surface area contributed by atoms with Crippen LogP contribution in [0.15, 0.2) is 121 Å². The molecule has 0 aliphatic rings. The maximum atomic E-state index is 2.38. The molecule has 0 aromatic heterocycles. The quantitative estimate of drug-likeness (QED) is 0.0963. The summed E-state index contributed by atoms with van der Waals surface area (Å²) in [6.45, 7) is 0. The SMILES string of the molecule is c1cc[c]([Sn]([CH2]CCCCCCCC[CH2][Sn]([c]2ccccc2)[c]2ccccc2)[c]2ccccc2)cc1. The molecule has 2 radical (unpaired) electrons. The van der Waals surface area contributed by atoms with Crippen LogP contribution in [0.5, 0.6) is 0 Å². The summed E-state index contributed by atoms with van der Waals surface area (Å²) >= 11 is -3.50. The fraction of sp³-hybridized carbons (Fsp3) is 0.294. The topological polar surface area (TPSA) is 0 Å². The molecule has 184 valence electrons. The van der Waals surface area contributed by atoms with Gasteiger partial charge >= 0.3 is 235 Å². The van der Waals surface area contributed by atoms with Crippen molar-refractivity contribution in [1.29, 1.82) is 0 Å². The Morgan fingerprint density at radius 2 is 0.500 bits per heavy atom. The van der Waals surface area contributed by atoms with Crippen molar-refractivity contribution in [2.75, 3.05) is 0 Å². The average molecular weight is 686 g/mol. The molecule has 0 spiro atoms. The summed E-state index contributed by atoms with van der Waals surface area (Å²) in [7, 11) is 0. The van der Waals surface area contributed by atoms with Crippen molar-refractivity contribution in [3.8, 4) is 0 Å². The van der Waals surface area contributed by atoms with Gasteiger partial charge in [0, 0.05) is 0 Å². The van der Waals surface area contributed by atoms with Crippen LogP contribution in [0.4, 0.5) is 0 Å². The van der Waals surface area contributed by atoms with Gasteiger partial charge in [0.15, 0.2) is 0 Å². The van der Waals surface area contributed by atoms with Crippen molar-refractivity contribution in [2.45, 2.75) is 60.2 Å². The molecule has 4 aromatic carbocycles. The molecular formula is C34H40Sn2. The van der Waals surface area contributed by atoms with E-state index < -0.39 is 39.5 Å². The molecule has 0 amide bonds. The molecule has 0 unspecified atom stereocenters. The van der Waals surface area contributed by atoms with Gasteiger partial charge in [-0.15, -0.1) is 0 Å². The van der Waals surface area contributed by atoms with E-state index in [1.54, 1.807) is 14.3 Å². The second-order valence-electron chi connectivity index (χ2n) is 9.75. The summed E-state index contributed by atoms with van der Waals surface area (Å²) in [6, 6.07) is 45.5. The Morgan fingerprint density at radius 3 is 0.750 bits per heavy atom. The predicted molar refractivity (Wildman–Crippen MR) is 162 cm³/mol. The number of benzene rings is 4. The minimum absolute atomic E-state index is 1.41. The summed E-state index contributed by atoms with van der Waals surface area (Å²) in [4.78, 5) is 0. The molecule has 36 heavy (non-hydrogen) atoms. The van der Waals surface area contributed by atoms with Gasteiger partial charge in [-0.3, -0.25) is 0 Å². The second-order valence-corrected chi connectivity index (χ2v) is 24.7. The number of hydrogen-bond donors (Lipinski definition) is 0. The molecule has 0 aliphatic carbocycles. The fourth-order valence-corrected chi connectivity index (χ4v) is 20.6. The van der Waals surface area contributed by atoms with Crippen LogP contribution >= 0.6 is 0 Å². The van der Waals surface area contributed by atoms with Gasteiger partial charge in [0.05, 0.1) is 0 Å². The first kappa shape index (κ1) is 27.5. The zero-order chi connectivity index (χ0) is 24.7. The van der Waals surface area contributed by atoms with E-state index in [2.05, 4.69) is 121 Å². The van der Waals surface area contributed by atoms with Crippen LogP contribution in [0.1, 0.15) is 51.4 Å². The second kappa shape index (κ2) is 16.3. The van der Waals surface area contributed by atoms with Crippen LogP contribution in [0.3, 0.4) is 0 Å². The van der Waals surface area contributed by atoms with Gasteiger partial charge in [0.1, 0.15) is 0 Å². The summed E-state index contributed by atoms with van der Waals surface area (Å²) in [6.07, 6.45) is 11.3. The summed E-state index contributed by atoms with van der Waals surface area (Å²) < 4.78 is 9.51. The normalized spacial score (nSPS) is 11.3. The Kier molecular flexibility index (Phi) is 12.5. The molecule has 0 heterocycles. The van der Waals surface area contributed by atoms with Crippen LogP contribution < -0.4 is 14.3 Å². The van der Waals surface area contributed by atoms with Gasteiger partial charge in [0.25, 0.3) is 0 Å². The molecule has 0 nitrogen and oxygen atoms in total. The van der Waals surface area contributed by atoms with Gasteiger partial charge in [-0.1, -0.05) is 0 Å². The molecule has 0 N–H and O–H groups in total. The standard InChI is InChI=1S/C10H20.4C6H5.2Sn/c1-3-5-7-9-10-8-6-4-2;4*1-2-4-6-5-3-1;;/h1-10H2;4*1-5H;;. The van der Waals surface area contributed by atoms with Crippen molar-refractivity contribution in [2.24, 2.45) is 0 Å². The average Bonchev–Trinajstić information content (AvgIpc) is 2.96. The van der Waals surface area contributed by atoms with E-state index in [0.717, 1.165) is 0 Å². The Hall–Kier alpha value is -1.52. The first-order chi connectivity index (χ1) is 17.9. The molecule has 0 aliphatic heterocycles. The Morgan fingerprint density at radius 1 is 0.278 bits per heavy atom. The van der Waals surface area contributed by atoms with Crippen molar-refractivity contribution < 1.29 is 0 Å². The third-order valence-corrected chi connectivity index (χ3v) is 23.7. The van der Waals surface area contributed by atoms with E-state index in [-0.39, 0.29) is 0 Å².